The largest absolute Gasteiger partial charge is 0.454 e. The van der Waals surface area contributed by atoms with Crippen LogP contribution in [0.5, 0.6) is 11.5 Å². The number of nitrogens with zero attached hydrogens (tertiary/aromatic N) is 1. The minimum absolute atomic E-state index is 0.0180. The van der Waals surface area contributed by atoms with E-state index < -0.39 is 52.2 Å². The third-order valence-electron chi connectivity index (χ3n) is 9.11. The first-order chi connectivity index (χ1) is 24.4. The van der Waals surface area contributed by atoms with Gasteiger partial charge < -0.3 is 48.9 Å². The Balaban J connectivity index is 1.31. The molecule has 3 N–H and O–H groups in total. The van der Waals surface area contributed by atoms with E-state index in [1.54, 1.807) is 0 Å². The number of nitrogens with one attached hydrogen (secondary N) is 2. The molecule has 0 spiro atoms. The van der Waals surface area contributed by atoms with Crippen LogP contribution < -0.4 is 20.1 Å². The maximum Gasteiger partial charge on any atom is 0.407 e. The summed E-state index contributed by atoms with van der Waals surface area (Å²) in [6.07, 6.45) is -1.58. The maximum absolute atomic E-state index is 14.3. The number of fused-ring (bicyclic) bond motifs is 2. The number of hydrogen-bond donors (Lipinski definition) is 3. The number of alkyl carbamates (subject to hydrolysis) is 2. The van der Waals surface area contributed by atoms with E-state index in [9.17, 15) is 23.1 Å². The molecular weight excluding hydrogens is 686 g/mol. The lowest BCUT2D eigenvalue weighted by Gasteiger charge is -2.35. The SMILES string of the molecule is COCCOC(=O)NCCCC(C)(C)CN(C[C@@H](O)[C@H](Cc1ccccc1)NC(=O)O[C@H]1CO[C@H]2OCC[C@H]21)S(=O)(=O)c1ccc2c(c1)OCO2. The lowest BCUT2D eigenvalue weighted by Crippen LogP contribution is -2.52. The van der Waals surface area contributed by atoms with Crippen molar-refractivity contribution in [2.24, 2.45) is 11.3 Å². The van der Waals surface area contributed by atoms with Gasteiger partial charge in [0.2, 0.25) is 16.8 Å². The second-order valence-corrected chi connectivity index (χ2v) is 15.6. The van der Waals surface area contributed by atoms with Crippen LogP contribution >= 0.6 is 0 Å². The topological polar surface area (TPSA) is 180 Å². The van der Waals surface area contributed by atoms with Crippen molar-refractivity contribution in [2.75, 3.05) is 60.0 Å². The number of aliphatic hydroxyl groups excluding tert-OH is 1. The van der Waals surface area contributed by atoms with E-state index in [4.69, 9.17) is 33.2 Å². The number of rotatable bonds is 18. The number of carbonyl (C=O) groups is 2. The number of benzene rings is 2. The highest BCUT2D eigenvalue weighted by Gasteiger charge is 2.44. The molecule has 3 aliphatic heterocycles. The van der Waals surface area contributed by atoms with E-state index >= 15 is 0 Å². The van der Waals surface area contributed by atoms with E-state index in [0.29, 0.717) is 43.9 Å². The smallest absolute Gasteiger partial charge is 0.407 e. The van der Waals surface area contributed by atoms with Gasteiger partial charge >= 0.3 is 12.2 Å². The molecule has 0 bridgehead atoms. The Kier molecular flexibility index (Phi) is 13.4. The van der Waals surface area contributed by atoms with Gasteiger partial charge in [0, 0.05) is 32.8 Å². The average molecular weight is 736 g/mol. The third-order valence-corrected chi connectivity index (χ3v) is 10.9. The molecule has 282 valence electrons. The number of methoxy groups -OCH3 is 1. The number of aliphatic hydroxyl groups is 1. The lowest BCUT2D eigenvalue weighted by atomic mass is 9.87. The van der Waals surface area contributed by atoms with Crippen LogP contribution in [-0.4, -0.2) is 115 Å². The number of hydrogen-bond acceptors (Lipinski definition) is 12. The fraction of sp³-hybridized carbons (Fsp3) is 0.600. The quantitative estimate of drug-likeness (QED) is 0.191. The van der Waals surface area contributed by atoms with Gasteiger partial charge in [-0.1, -0.05) is 44.2 Å². The highest BCUT2D eigenvalue weighted by atomic mass is 32.2. The van der Waals surface area contributed by atoms with Crippen molar-refractivity contribution in [3.8, 4) is 11.5 Å². The normalized spacial score (nSPS) is 20.8. The Morgan fingerprint density at radius 2 is 1.84 bits per heavy atom. The summed E-state index contributed by atoms with van der Waals surface area (Å²) in [5.41, 5.74) is 0.225. The molecule has 3 heterocycles. The molecule has 2 fully saturated rings. The van der Waals surface area contributed by atoms with E-state index in [1.807, 2.05) is 44.2 Å². The molecule has 0 unspecified atom stereocenters. The summed E-state index contributed by atoms with van der Waals surface area (Å²) in [7, 11) is -2.70. The van der Waals surface area contributed by atoms with Gasteiger partial charge in [-0.2, -0.15) is 4.31 Å². The first kappa shape index (κ1) is 38.6. The van der Waals surface area contributed by atoms with E-state index in [-0.39, 0.29) is 56.9 Å². The number of ether oxygens (including phenoxy) is 7. The van der Waals surface area contributed by atoms with Crippen molar-refractivity contribution in [3.05, 3.63) is 54.1 Å². The second kappa shape index (κ2) is 17.7. The van der Waals surface area contributed by atoms with Crippen LogP contribution in [0.4, 0.5) is 9.59 Å². The Morgan fingerprint density at radius 3 is 2.63 bits per heavy atom. The first-order valence-corrected chi connectivity index (χ1v) is 18.6. The van der Waals surface area contributed by atoms with Crippen molar-refractivity contribution in [1.29, 1.82) is 0 Å². The van der Waals surface area contributed by atoms with Crippen molar-refractivity contribution in [3.63, 3.8) is 0 Å². The molecule has 51 heavy (non-hydrogen) atoms. The molecule has 2 aromatic carbocycles. The van der Waals surface area contributed by atoms with Gasteiger partial charge in [0.15, 0.2) is 17.8 Å². The molecule has 0 aliphatic carbocycles. The summed E-state index contributed by atoms with van der Waals surface area (Å²) >= 11 is 0. The lowest BCUT2D eigenvalue weighted by molar-refractivity contribution is -0.0907. The summed E-state index contributed by atoms with van der Waals surface area (Å²) < 4.78 is 67.5. The maximum atomic E-state index is 14.3. The average Bonchev–Trinajstić information content (AvgIpc) is 3.85. The predicted molar refractivity (Wildman–Crippen MR) is 183 cm³/mol. The minimum atomic E-state index is -4.21. The van der Waals surface area contributed by atoms with Gasteiger partial charge in [-0.3, -0.25) is 0 Å². The summed E-state index contributed by atoms with van der Waals surface area (Å²) in [5, 5.41) is 17.3. The molecule has 2 saturated heterocycles. The summed E-state index contributed by atoms with van der Waals surface area (Å²) in [5.74, 6) is 0.661. The van der Waals surface area contributed by atoms with E-state index in [1.165, 1.54) is 29.6 Å². The third kappa shape index (κ3) is 10.7. The molecular formula is C35H49N3O12S. The van der Waals surface area contributed by atoms with Crippen molar-refractivity contribution in [2.45, 2.75) is 69.0 Å². The summed E-state index contributed by atoms with van der Waals surface area (Å²) in [4.78, 5) is 25.2. The first-order valence-electron chi connectivity index (χ1n) is 17.2. The van der Waals surface area contributed by atoms with Gasteiger partial charge in [-0.05, 0) is 48.8 Å². The molecule has 15 nitrogen and oxygen atoms in total. The molecule has 3 aliphatic rings. The van der Waals surface area contributed by atoms with Crippen LogP contribution in [0.15, 0.2) is 53.4 Å². The molecule has 2 aromatic rings. The number of sulfonamides is 1. The minimum Gasteiger partial charge on any atom is -0.454 e. The van der Waals surface area contributed by atoms with Gasteiger partial charge in [-0.25, -0.2) is 18.0 Å². The van der Waals surface area contributed by atoms with Crippen molar-refractivity contribution in [1.82, 2.24) is 14.9 Å². The monoisotopic (exact) mass is 735 g/mol. The summed E-state index contributed by atoms with van der Waals surface area (Å²) in [6.45, 7) is 4.95. The highest BCUT2D eigenvalue weighted by Crippen LogP contribution is 2.36. The zero-order valence-electron chi connectivity index (χ0n) is 29.3. The molecule has 16 heteroatoms. The standard InChI is InChI=1S/C35H49N3O12S/c1-35(2,13-7-14-36-33(40)46-17-16-44-3)22-38(51(42,43)25-10-11-29-30(19-25)49-23-48-29)20-28(39)27(18-24-8-5-4-6-9-24)37-34(41)50-31-21-47-32-26(31)12-15-45-32/h4-6,8-11,19,26-28,31-32,39H,7,12-18,20-23H2,1-3H3,(H,36,40)(H,37,41)/t26-,27-,28+,31-,32+/m0/s1. The number of amides is 2. The fourth-order valence-electron chi connectivity index (χ4n) is 6.37. The van der Waals surface area contributed by atoms with Crippen LogP contribution in [0.1, 0.15) is 38.7 Å². The van der Waals surface area contributed by atoms with Crippen LogP contribution in [0, 0.1) is 11.3 Å². The number of carbonyl (C=O) groups excluding carboxylic acids is 2. The Hall–Kier alpha value is -3.67. The molecule has 0 saturated carbocycles. The molecule has 5 atom stereocenters. The molecule has 0 radical (unpaired) electrons. The summed E-state index contributed by atoms with van der Waals surface area (Å²) in [6, 6.07) is 12.8. The molecule has 0 aromatic heterocycles. The van der Waals surface area contributed by atoms with Gasteiger partial charge in [0.05, 0.1) is 42.8 Å². The van der Waals surface area contributed by atoms with Crippen LogP contribution in [0.3, 0.4) is 0 Å². The predicted octanol–water partition coefficient (Wildman–Crippen LogP) is 3.04. The van der Waals surface area contributed by atoms with Gasteiger partial charge in [0.25, 0.3) is 0 Å². The van der Waals surface area contributed by atoms with Gasteiger partial charge in [0.1, 0.15) is 12.7 Å². The highest BCUT2D eigenvalue weighted by molar-refractivity contribution is 7.89. The Bertz CT molecular complexity index is 1560. The fourth-order valence-corrected chi connectivity index (χ4v) is 8.04. The van der Waals surface area contributed by atoms with Gasteiger partial charge in [-0.15, -0.1) is 0 Å². The molecule has 5 rings (SSSR count). The van der Waals surface area contributed by atoms with Crippen LogP contribution in [0.25, 0.3) is 0 Å². The zero-order chi connectivity index (χ0) is 36.4. The Morgan fingerprint density at radius 1 is 1.06 bits per heavy atom. The van der Waals surface area contributed by atoms with E-state index in [2.05, 4.69) is 10.6 Å². The van der Waals surface area contributed by atoms with Crippen molar-refractivity contribution < 1.29 is 56.3 Å². The van der Waals surface area contributed by atoms with Crippen LogP contribution in [-0.2, 0) is 40.1 Å². The van der Waals surface area contributed by atoms with Crippen molar-refractivity contribution >= 4 is 22.2 Å². The zero-order valence-corrected chi connectivity index (χ0v) is 30.1. The van der Waals surface area contributed by atoms with E-state index in [0.717, 1.165) is 5.56 Å². The van der Waals surface area contributed by atoms with Crippen LogP contribution in [0.2, 0.25) is 0 Å². The Labute approximate surface area is 298 Å². The molecule has 2 amide bonds. The second-order valence-electron chi connectivity index (χ2n) is 13.6.